The van der Waals surface area contributed by atoms with Crippen LogP contribution in [0.2, 0.25) is 0 Å². The molecular formula is C49H62FN9O7. The minimum absolute atomic E-state index is 0.153. The molecule has 5 aromatic rings. The van der Waals surface area contributed by atoms with Gasteiger partial charge in [-0.3, -0.25) is 9.59 Å². The highest BCUT2D eigenvalue weighted by Gasteiger charge is 2.41. The third-order valence-electron chi connectivity index (χ3n) is 13.1. The highest BCUT2D eigenvalue weighted by molar-refractivity contribution is 5.87. The predicted octanol–water partition coefficient (Wildman–Crippen LogP) is 8.84. The highest BCUT2D eigenvalue weighted by Crippen LogP contribution is 2.48. The fourth-order valence-electron chi connectivity index (χ4n) is 10.0. The van der Waals surface area contributed by atoms with Gasteiger partial charge in [-0.25, -0.2) is 23.9 Å². The molecule has 3 fully saturated rings. The zero-order valence-corrected chi connectivity index (χ0v) is 39.0. The van der Waals surface area contributed by atoms with Crippen molar-refractivity contribution < 1.29 is 38.1 Å². The van der Waals surface area contributed by atoms with Gasteiger partial charge in [-0.15, -0.1) is 0 Å². The molecule has 0 bridgehead atoms. The minimum atomic E-state index is -1.24. The molecule has 3 aliphatic heterocycles. The van der Waals surface area contributed by atoms with Gasteiger partial charge in [-0.1, -0.05) is 39.8 Å². The summed E-state index contributed by atoms with van der Waals surface area (Å²) in [5.74, 6) is 0.219. The third-order valence-corrected chi connectivity index (χ3v) is 13.1. The summed E-state index contributed by atoms with van der Waals surface area (Å²) in [6, 6.07) is 14.9. The molecule has 2 aromatic heterocycles. The van der Waals surface area contributed by atoms with Crippen LogP contribution < -0.4 is 20.3 Å². The lowest BCUT2D eigenvalue weighted by Crippen LogP contribution is -2.51. The summed E-state index contributed by atoms with van der Waals surface area (Å²) in [6.45, 7) is 14.1. The Morgan fingerprint density at radius 3 is 1.67 bits per heavy atom. The van der Waals surface area contributed by atoms with E-state index in [1.165, 1.54) is 7.11 Å². The van der Waals surface area contributed by atoms with Crippen LogP contribution in [-0.2, 0) is 14.3 Å². The van der Waals surface area contributed by atoms with E-state index in [4.69, 9.17) is 19.4 Å². The fraction of sp³-hybridized carbons (Fsp3) is 0.510. The normalized spacial score (nSPS) is 21.0. The van der Waals surface area contributed by atoms with Gasteiger partial charge in [-0.05, 0) is 119 Å². The number of carbonyl (C=O) groups excluding carboxylic acids is 3. The van der Waals surface area contributed by atoms with Crippen LogP contribution >= 0.6 is 0 Å². The minimum Gasteiger partial charge on any atom is -0.485 e. The van der Waals surface area contributed by atoms with Gasteiger partial charge in [0.2, 0.25) is 11.8 Å². The predicted molar refractivity (Wildman–Crippen MR) is 247 cm³/mol. The lowest BCUT2D eigenvalue weighted by atomic mass is 10.0. The van der Waals surface area contributed by atoms with Gasteiger partial charge in [0.05, 0.1) is 53.3 Å². The number of methoxy groups -OCH3 is 1. The molecule has 3 saturated heterocycles. The van der Waals surface area contributed by atoms with Gasteiger partial charge in [0.25, 0.3) is 0 Å². The lowest BCUT2D eigenvalue weighted by molar-refractivity contribution is -0.136. The number of amides is 4. The monoisotopic (exact) mass is 907 g/mol. The van der Waals surface area contributed by atoms with Gasteiger partial charge in [0, 0.05) is 24.8 Å². The molecule has 16 nitrogen and oxygen atoms in total. The Kier molecular flexibility index (Phi) is 12.9. The molecule has 3 aromatic carbocycles. The van der Waals surface area contributed by atoms with Gasteiger partial charge in [0.1, 0.15) is 29.3 Å². The van der Waals surface area contributed by atoms with Crippen molar-refractivity contribution in [2.45, 2.75) is 129 Å². The first kappa shape index (κ1) is 46.2. The van der Waals surface area contributed by atoms with E-state index in [1.807, 2.05) is 66.7 Å². The molecule has 17 heteroatoms. The average molecular weight is 908 g/mol. The Balaban J connectivity index is 1.11. The number of imidazole rings is 2. The number of nitrogens with one attached hydrogen (secondary N) is 4. The molecule has 3 aliphatic rings. The molecule has 4 amide bonds. The number of hydrogen-bond donors (Lipinski definition) is 5. The lowest BCUT2D eigenvalue weighted by Gasteiger charge is -2.34. The van der Waals surface area contributed by atoms with Crippen molar-refractivity contribution in [3.63, 3.8) is 0 Å². The smallest absolute Gasteiger partial charge is 0.407 e. The number of carbonyl (C=O) groups is 4. The van der Waals surface area contributed by atoms with Crippen molar-refractivity contribution in [1.82, 2.24) is 40.4 Å². The summed E-state index contributed by atoms with van der Waals surface area (Å²) < 4.78 is 26.8. The maximum absolute atomic E-state index is 16.0. The van der Waals surface area contributed by atoms with Gasteiger partial charge in [-0.2, -0.15) is 0 Å². The molecule has 352 valence electrons. The highest BCUT2D eigenvalue weighted by atomic mass is 19.1. The standard InChI is InChI=1S/C49H62FN9O7/c1-26(2)41(55-47(62)63)45(60)57-21-9-11-38(57)43-51-32-16-13-28(23-34(32)53-43)36-18-19-37(59(36)30-15-20-40(31(50)25-30)66-49(5,6)7)29-14-17-33-35(24-29)54-44(52-33)39-12-10-22-58(39)46(61)42(27(3)4)56-48(64)65-8/h13-17,20,23-27,36-39,41-42,55H,9-12,18-19,21-22H2,1-8H3,(H,51,53)(H,52,54)(H,56,64)(H,62,63)/t36-,37-,38+,39+,41+,42+/m1/s1. The molecule has 0 unspecified atom stereocenters. The number of hydrogen-bond acceptors (Lipinski definition) is 9. The van der Waals surface area contributed by atoms with Gasteiger partial charge < -0.3 is 49.9 Å². The number of alkyl carbamates (subject to hydrolysis) is 1. The molecule has 0 saturated carbocycles. The van der Waals surface area contributed by atoms with Crippen LogP contribution in [-0.4, -0.2) is 96.7 Å². The summed E-state index contributed by atoms with van der Waals surface area (Å²) in [4.78, 5) is 74.1. The number of aromatic nitrogens is 4. The van der Waals surface area contributed by atoms with Crippen molar-refractivity contribution >= 4 is 51.8 Å². The number of ether oxygens (including phenoxy) is 2. The van der Waals surface area contributed by atoms with Crippen LogP contribution in [0.1, 0.15) is 134 Å². The zero-order valence-electron chi connectivity index (χ0n) is 39.0. The Morgan fingerprint density at radius 1 is 0.727 bits per heavy atom. The molecule has 0 radical (unpaired) electrons. The van der Waals surface area contributed by atoms with E-state index < -0.39 is 35.7 Å². The van der Waals surface area contributed by atoms with Crippen LogP contribution in [0.3, 0.4) is 0 Å². The molecule has 6 atom stereocenters. The molecule has 5 heterocycles. The number of carboxylic acid groups (broad SMARTS) is 1. The number of H-pyrrole nitrogens is 2. The molecule has 0 aliphatic carbocycles. The molecule has 8 rings (SSSR count). The summed E-state index contributed by atoms with van der Waals surface area (Å²) in [7, 11) is 1.28. The Morgan fingerprint density at radius 2 is 1.23 bits per heavy atom. The van der Waals surface area contributed by atoms with E-state index >= 15 is 4.39 Å². The number of nitrogens with zero attached hydrogens (tertiary/aromatic N) is 5. The maximum atomic E-state index is 16.0. The summed E-state index contributed by atoms with van der Waals surface area (Å²) >= 11 is 0. The van der Waals surface area contributed by atoms with Crippen LogP contribution in [0.4, 0.5) is 19.7 Å². The van der Waals surface area contributed by atoms with Crippen LogP contribution in [0.25, 0.3) is 22.1 Å². The second-order valence-corrected chi connectivity index (χ2v) is 19.6. The first-order valence-electron chi connectivity index (χ1n) is 23.1. The van der Waals surface area contributed by atoms with Crippen molar-refractivity contribution in [3.05, 3.63) is 83.2 Å². The van der Waals surface area contributed by atoms with Crippen LogP contribution in [0, 0.1) is 17.7 Å². The van der Waals surface area contributed by atoms with Crippen molar-refractivity contribution in [1.29, 1.82) is 0 Å². The number of halogens is 1. The molecular weight excluding hydrogens is 846 g/mol. The molecule has 5 N–H and O–H groups in total. The van der Waals surface area contributed by atoms with Crippen LogP contribution in [0.15, 0.2) is 54.6 Å². The average Bonchev–Trinajstić information content (AvgIpc) is 4.12. The van der Waals surface area contributed by atoms with Gasteiger partial charge >= 0.3 is 12.2 Å². The summed E-state index contributed by atoms with van der Waals surface area (Å²) in [6.07, 6.45) is 2.62. The van der Waals surface area contributed by atoms with E-state index in [9.17, 15) is 24.3 Å². The van der Waals surface area contributed by atoms with E-state index in [-0.39, 0.29) is 53.6 Å². The Labute approximate surface area is 384 Å². The zero-order chi connectivity index (χ0) is 47.2. The topological polar surface area (TPSA) is 198 Å². The van der Waals surface area contributed by atoms with Crippen LogP contribution in [0.5, 0.6) is 5.75 Å². The third kappa shape index (κ3) is 9.34. The number of aromatic amines is 2. The largest absolute Gasteiger partial charge is 0.485 e. The molecule has 0 spiro atoms. The quantitative estimate of drug-likeness (QED) is 0.0806. The van der Waals surface area contributed by atoms with E-state index in [2.05, 4.69) is 49.8 Å². The summed E-state index contributed by atoms with van der Waals surface area (Å²) in [5.41, 5.74) is 5.28. The van der Waals surface area contributed by atoms with Gasteiger partial charge in [0.15, 0.2) is 11.6 Å². The van der Waals surface area contributed by atoms with E-state index in [0.717, 1.165) is 65.3 Å². The Hall–Kier alpha value is -6.39. The van der Waals surface area contributed by atoms with E-state index in [1.54, 1.807) is 21.9 Å². The SMILES string of the molecule is COC(=O)N[C@H](C(=O)N1CCC[C@H]1c1nc2ccc([C@H]3CC[C@H](c4ccc5nc([C@@H]6CCCN6C(=O)[C@@H](NC(=O)O)C(C)C)[nH]c5c4)N3c3ccc(OC(C)(C)C)c(F)c3)cc2[nH]1)C(C)C. The van der Waals surface area contributed by atoms with Crippen molar-refractivity contribution in [3.8, 4) is 5.75 Å². The first-order valence-corrected chi connectivity index (χ1v) is 23.1. The molecule has 66 heavy (non-hydrogen) atoms. The number of likely N-dealkylation sites (tertiary alicyclic amines) is 2. The van der Waals surface area contributed by atoms with E-state index in [0.29, 0.717) is 36.8 Å². The first-order chi connectivity index (χ1) is 31.4. The number of fused-ring (bicyclic) bond motifs is 2. The maximum Gasteiger partial charge on any atom is 0.407 e. The number of anilines is 1. The van der Waals surface area contributed by atoms with Crippen molar-refractivity contribution in [2.75, 3.05) is 25.1 Å². The second kappa shape index (κ2) is 18.5. The second-order valence-electron chi connectivity index (χ2n) is 19.6. The number of rotatable bonds is 12. The number of benzene rings is 3. The van der Waals surface area contributed by atoms with Crippen molar-refractivity contribution in [2.24, 2.45) is 11.8 Å². The summed E-state index contributed by atoms with van der Waals surface area (Å²) in [5, 5.41) is 14.6. The Bertz CT molecular complexity index is 2620. The fourth-order valence-corrected chi connectivity index (χ4v) is 10.0.